The average molecular weight is 780 g/mol. The predicted molar refractivity (Wildman–Crippen MR) is 148 cm³/mol. The first-order valence-corrected chi connectivity index (χ1v) is 15.4. The summed E-state index contributed by atoms with van der Waals surface area (Å²) in [6.07, 6.45) is 0. The number of hydrogen-bond donors (Lipinski definition) is 0. The molecular weight excluding hydrogens is 763 g/mol. The van der Waals surface area contributed by atoms with Gasteiger partial charge in [-0.2, -0.15) is 0 Å². The molecular formula is C21H17Br6P. The maximum atomic E-state index is 3.91. The molecule has 0 nitrogen and oxygen atoms in total. The van der Waals surface area contributed by atoms with Crippen LogP contribution in [0.2, 0.25) is 0 Å². The van der Waals surface area contributed by atoms with Crippen molar-refractivity contribution in [3.63, 3.8) is 0 Å². The average Bonchev–Trinajstić information content (AvgIpc) is 2.68. The monoisotopic (exact) mass is 774 g/mol. The molecule has 0 fully saturated rings. The van der Waals surface area contributed by atoms with Crippen molar-refractivity contribution >= 4 is 119 Å². The van der Waals surface area contributed by atoms with E-state index in [0.717, 1.165) is 26.8 Å². The fourth-order valence-corrected chi connectivity index (χ4v) is 13.8. The Morgan fingerprint density at radius 2 is 1.00 bits per heavy atom. The molecule has 148 valence electrons. The molecule has 3 rings (SSSR count). The van der Waals surface area contributed by atoms with Crippen LogP contribution in [0.1, 0.15) is 13.8 Å². The van der Waals surface area contributed by atoms with Crippen molar-refractivity contribution in [1.82, 2.24) is 0 Å². The number of hydrogen-bond acceptors (Lipinski definition) is 0. The minimum absolute atomic E-state index is 0.420. The summed E-state index contributed by atoms with van der Waals surface area (Å²) >= 11 is 22.6. The molecule has 0 saturated heterocycles. The van der Waals surface area contributed by atoms with E-state index in [-0.39, 0.29) is 0 Å². The van der Waals surface area contributed by atoms with Crippen molar-refractivity contribution in [3.05, 3.63) is 81.4 Å². The Hall–Kier alpha value is 0.970. The standard InChI is InChI=1S/C21H17Br6P/c1-12(2)28(13-6-4-3-5-7-13,16-10-8-14(22)18(24)20(16)26)17-11-9-15(23)19(25)21(17)27/h3-12,28H,1-2H3. The van der Waals surface area contributed by atoms with Gasteiger partial charge in [0.05, 0.1) is 0 Å². The van der Waals surface area contributed by atoms with Gasteiger partial charge in [0.25, 0.3) is 0 Å². The molecule has 0 aliphatic heterocycles. The second kappa shape index (κ2) is 9.63. The van der Waals surface area contributed by atoms with Crippen LogP contribution >= 0.6 is 103 Å². The predicted octanol–water partition coefficient (Wildman–Crippen LogP) is 8.70. The molecule has 0 unspecified atom stereocenters. The van der Waals surface area contributed by atoms with E-state index >= 15 is 0 Å². The normalized spacial score (nSPS) is 12.5. The van der Waals surface area contributed by atoms with Gasteiger partial charge in [-0.25, -0.2) is 0 Å². The Balaban J connectivity index is 2.52. The van der Waals surface area contributed by atoms with Crippen molar-refractivity contribution < 1.29 is 0 Å². The van der Waals surface area contributed by atoms with Gasteiger partial charge in [0.2, 0.25) is 0 Å². The van der Waals surface area contributed by atoms with Crippen molar-refractivity contribution in [2.24, 2.45) is 0 Å². The molecule has 0 spiro atoms. The summed E-state index contributed by atoms with van der Waals surface area (Å²) in [6, 6.07) is 19.7. The summed E-state index contributed by atoms with van der Waals surface area (Å²) in [5.74, 6) is 0. The van der Waals surface area contributed by atoms with Gasteiger partial charge in [0, 0.05) is 0 Å². The summed E-state index contributed by atoms with van der Waals surface area (Å²) in [7, 11) is -2.39. The molecule has 0 amide bonds. The van der Waals surface area contributed by atoms with E-state index in [1.165, 1.54) is 15.9 Å². The minimum atomic E-state index is -2.39. The van der Waals surface area contributed by atoms with Gasteiger partial charge in [-0.1, -0.05) is 0 Å². The van der Waals surface area contributed by atoms with Gasteiger partial charge >= 0.3 is 220 Å². The molecule has 3 aromatic rings. The summed E-state index contributed by atoms with van der Waals surface area (Å²) in [5.41, 5.74) is 0.420. The van der Waals surface area contributed by atoms with Crippen LogP contribution in [0.15, 0.2) is 81.4 Å². The Morgan fingerprint density at radius 3 is 1.39 bits per heavy atom. The number of rotatable bonds is 4. The molecule has 0 N–H and O–H groups in total. The quantitative estimate of drug-likeness (QED) is 0.184. The fourth-order valence-electron chi connectivity index (χ4n) is 3.77. The van der Waals surface area contributed by atoms with Crippen LogP contribution < -0.4 is 15.9 Å². The van der Waals surface area contributed by atoms with Crippen molar-refractivity contribution in [2.45, 2.75) is 19.5 Å². The molecule has 0 aromatic heterocycles. The van der Waals surface area contributed by atoms with E-state index in [9.17, 15) is 0 Å². The second-order valence-electron chi connectivity index (χ2n) is 6.77. The van der Waals surface area contributed by atoms with Gasteiger partial charge in [0.15, 0.2) is 0 Å². The third kappa shape index (κ3) is 4.06. The Kier molecular flexibility index (Phi) is 8.12. The van der Waals surface area contributed by atoms with Crippen LogP contribution in [0.25, 0.3) is 0 Å². The molecule has 7 heteroatoms. The van der Waals surface area contributed by atoms with Crippen LogP contribution in [0.4, 0.5) is 0 Å². The van der Waals surface area contributed by atoms with Crippen LogP contribution in [0, 0.1) is 0 Å². The first kappa shape index (κ1) is 23.6. The van der Waals surface area contributed by atoms with Crippen LogP contribution in [0.5, 0.6) is 0 Å². The van der Waals surface area contributed by atoms with Crippen molar-refractivity contribution in [3.8, 4) is 0 Å². The van der Waals surface area contributed by atoms with Crippen LogP contribution in [-0.2, 0) is 0 Å². The maximum absolute atomic E-state index is 3.91. The zero-order valence-corrected chi connectivity index (χ0v) is 25.6. The summed E-state index contributed by atoms with van der Waals surface area (Å²) in [5, 5.41) is 4.08. The third-order valence-electron chi connectivity index (χ3n) is 5.02. The van der Waals surface area contributed by atoms with E-state index in [2.05, 4.69) is 164 Å². The Labute approximate surface area is 217 Å². The molecule has 28 heavy (non-hydrogen) atoms. The molecule has 0 atom stereocenters. The molecule has 0 radical (unpaired) electrons. The Bertz CT molecular complexity index is 960. The van der Waals surface area contributed by atoms with Crippen molar-refractivity contribution in [2.75, 3.05) is 0 Å². The molecule has 0 bridgehead atoms. The molecule has 0 aliphatic rings. The molecule has 0 aliphatic carbocycles. The summed E-state index contributed by atoms with van der Waals surface area (Å²) in [6.45, 7) is 4.67. The van der Waals surface area contributed by atoms with E-state index in [4.69, 9.17) is 0 Å². The van der Waals surface area contributed by atoms with E-state index in [0.29, 0.717) is 5.66 Å². The van der Waals surface area contributed by atoms with Crippen LogP contribution in [0.3, 0.4) is 0 Å². The van der Waals surface area contributed by atoms with Crippen LogP contribution in [-0.4, -0.2) is 5.66 Å². The zero-order valence-electron chi connectivity index (χ0n) is 15.0. The SMILES string of the molecule is CC(C)[PH](c1ccccc1)(c1ccc(Br)c(Br)c1Br)c1ccc(Br)c(Br)c1Br. The topological polar surface area (TPSA) is 0 Å². The van der Waals surface area contributed by atoms with E-state index in [1.54, 1.807) is 0 Å². The molecule has 0 saturated carbocycles. The van der Waals surface area contributed by atoms with Gasteiger partial charge in [-0.15, -0.1) is 0 Å². The Morgan fingerprint density at radius 1 is 0.571 bits per heavy atom. The first-order valence-electron chi connectivity index (χ1n) is 8.56. The van der Waals surface area contributed by atoms with Gasteiger partial charge in [0.1, 0.15) is 0 Å². The van der Waals surface area contributed by atoms with E-state index < -0.39 is 7.26 Å². The van der Waals surface area contributed by atoms with E-state index in [1.807, 2.05) is 0 Å². The first-order chi connectivity index (χ1) is 13.2. The summed E-state index contributed by atoms with van der Waals surface area (Å²) in [4.78, 5) is 0. The van der Waals surface area contributed by atoms with Gasteiger partial charge in [-0.3, -0.25) is 0 Å². The summed E-state index contributed by atoms with van der Waals surface area (Å²) < 4.78 is 6.39. The van der Waals surface area contributed by atoms with Gasteiger partial charge < -0.3 is 0 Å². The fraction of sp³-hybridized carbons (Fsp3) is 0.143. The molecule has 0 heterocycles. The second-order valence-corrected chi connectivity index (χ2v) is 16.1. The number of halogens is 6. The zero-order chi connectivity index (χ0) is 20.6. The third-order valence-corrected chi connectivity index (χ3v) is 18.0. The number of benzene rings is 3. The van der Waals surface area contributed by atoms with Crippen molar-refractivity contribution in [1.29, 1.82) is 0 Å². The van der Waals surface area contributed by atoms with Gasteiger partial charge in [-0.05, 0) is 0 Å². The molecule has 3 aromatic carbocycles.